The number of hydrogen-bond donors (Lipinski definition) is 1. The number of amides is 1. The van der Waals surface area contributed by atoms with Gasteiger partial charge in [-0.2, -0.15) is 4.98 Å². The average Bonchev–Trinajstić information content (AvgIpc) is 3.30. The molecule has 1 amide bonds. The molecule has 0 atom stereocenters. The van der Waals surface area contributed by atoms with E-state index in [2.05, 4.69) is 15.4 Å². The summed E-state index contributed by atoms with van der Waals surface area (Å²) in [6.45, 7) is 2.51. The first-order chi connectivity index (χ1) is 14.0. The van der Waals surface area contributed by atoms with Crippen LogP contribution in [-0.2, 0) is 6.42 Å². The fourth-order valence-electron chi connectivity index (χ4n) is 2.98. The Morgan fingerprint density at radius 2 is 2.03 bits per heavy atom. The zero-order chi connectivity index (χ0) is 20.4. The number of halogens is 1. The van der Waals surface area contributed by atoms with Gasteiger partial charge in [0.15, 0.2) is 5.82 Å². The second-order valence-corrected chi connectivity index (χ2v) is 7.85. The van der Waals surface area contributed by atoms with Crippen molar-refractivity contribution in [2.24, 2.45) is 0 Å². The second-order valence-electron chi connectivity index (χ2n) is 6.57. The van der Waals surface area contributed by atoms with Crippen molar-refractivity contribution in [3.63, 3.8) is 0 Å². The van der Waals surface area contributed by atoms with Crippen LogP contribution >= 0.6 is 22.9 Å². The lowest BCUT2D eigenvalue weighted by molar-refractivity contribution is 0.0951. The Morgan fingerprint density at radius 1 is 1.24 bits per heavy atom. The van der Waals surface area contributed by atoms with E-state index in [1.54, 1.807) is 18.2 Å². The maximum Gasteiger partial charge on any atom is 0.255 e. The standard InChI is InChI=1S/C21H19ClN4O2S/c1-13-3-5-14(6-4-13)19-24-21-26(25-19)16(12-29-21)9-10-23-20(27)17-11-15(22)7-8-18(17)28-2/h3-8,11-12H,9-10H2,1-2H3,(H,23,27). The maximum atomic E-state index is 12.5. The van der Waals surface area contributed by atoms with E-state index in [1.807, 2.05) is 41.1 Å². The summed E-state index contributed by atoms with van der Waals surface area (Å²) in [4.78, 5) is 17.9. The van der Waals surface area contributed by atoms with Crippen LogP contribution < -0.4 is 10.1 Å². The number of methoxy groups -OCH3 is 1. The number of carbonyl (C=O) groups is 1. The van der Waals surface area contributed by atoms with Crippen molar-refractivity contribution in [2.75, 3.05) is 13.7 Å². The van der Waals surface area contributed by atoms with Crippen LogP contribution in [0.3, 0.4) is 0 Å². The van der Waals surface area contributed by atoms with E-state index in [-0.39, 0.29) is 5.91 Å². The van der Waals surface area contributed by atoms with Gasteiger partial charge in [-0.15, -0.1) is 16.4 Å². The van der Waals surface area contributed by atoms with Crippen molar-refractivity contribution >= 4 is 33.8 Å². The smallest absolute Gasteiger partial charge is 0.255 e. The van der Waals surface area contributed by atoms with Crippen LogP contribution in [0.1, 0.15) is 21.6 Å². The normalized spacial score (nSPS) is 11.0. The molecular formula is C21H19ClN4O2S. The van der Waals surface area contributed by atoms with Crippen molar-refractivity contribution in [3.05, 3.63) is 69.7 Å². The van der Waals surface area contributed by atoms with Gasteiger partial charge in [0.05, 0.1) is 18.4 Å². The van der Waals surface area contributed by atoms with Gasteiger partial charge in [0.25, 0.3) is 5.91 Å². The third kappa shape index (κ3) is 4.11. The summed E-state index contributed by atoms with van der Waals surface area (Å²) in [7, 11) is 1.53. The molecule has 0 saturated carbocycles. The number of ether oxygens (including phenoxy) is 1. The van der Waals surface area contributed by atoms with Crippen LogP contribution in [0.25, 0.3) is 16.3 Å². The molecule has 2 aromatic heterocycles. The first kappa shape index (κ1) is 19.4. The summed E-state index contributed by atoms with van der Waals surface area (Å²) >= 11 is 7.54. The number of fused-ring (bicyclic) bond motifs is 1. The molecule has 0 spiro atoms. The van der Waals surface area contributed by atoms with Crippen LogP contribution in [-0.4, -0.2) is 34.2 Å². The maximum absolute atomic E-state index is 12.5. The van der Waals surface area contributed by atoms with Gasteiger partial charge < -0.3 is 10.1 Å². The molecule has 2 aromatic carbocycles. The Bertz CT molecular complexity index is 1170. The Morgan fingerprint density at radius 3 is 2.79 bits per heavy atom. The number of nitrogens with zero attached hydrogens (tertiary/aromatic N) is 3. The zero-order valence-corrected chi connectivity index (χ0v) is 17.5. The van der Waals surface area contributed by atoms with E-state index in [0.717, 1.165) is 16.2 Å². The van der Waals surface area contributed by atoms with Crippen LogP contribution in [0.2, 0.25) is 5.02 Å². The monoisotopic (exact) mass is 426 g/mol. The van der Waals surface area contributed by atoms with Gasteiger partial charge in [0.2, 0.25) is 4.96 Å². The molecule has 0 bridgehead atoms. The fraction of sp³-hybridized carbons (Fsp3) is 0.190. The minimum Gasteiger partial charge on any atom is -0.496 e. The lowest BCUT2D eigenvalue weighted by Crippen LogP contribution is -2.26. The number of aromatic nitrogens is 3. The number of hydrogen-bond acceptors (Lipinski definition) is 5. The molecule has 0 unspecified atom stereocenters. The van der Waals surface area contributed by atoms with Gasteiger partial charge in [-0.3, -0.25) is 4.79 Å². The molecule has 6 nitrogen and oxygen atoms in total. The molecule has 4 aromatic rings. The third-order valence-electron chi connectivity index (χ3n) is 4.53. The van der Waals surface area contributed by atoms with E-state index >= 15 is 0 Å². The minimum atomic E-state index is -0.227. The first-order valence-corrected chi connectivity index (χ1v) is 10.3. The van der Waals surface area contributed by atoms with Crippen molar-refractivity contribution < 1.29 is 9.53 Å². The molecule has 2 heterocycles. The number of aryl methyl sites for hydroxylation is 1. The first-order valence-electron chi connectivity index (χ1n) is 9.07. The van der Waals surface area contributed by atoms with Gasteiger partial charge in [-0.05, 0) is 25.1 Å². The van der Waals surface area contributed by atoms with E-state index in [4.69, 9.17) is 16.3 Å². The summed E-state index contributed by atoms with van der Waals surface area (Å²) in [5.41, 5.74) is 3.59. The average molecular weight is 427 g/mol. The molecule has 0 aliphatic heterocycles. The Balaban J connectivity index is 1.46. The largest absolute Gasteiger partial charge is 0.496 e. The van der Waals surface area contributed by atoms with E-state index in [1.165, 1.54) is 24.0 Å². The SMILES string of the molecule is COc1ccc(Cl)cc1C(=O)NCCc1csc2nc(-c3ccc(C)cc3)nn12. The molecule has 0 aliphatic carbocycles. The van der Waals surface area contributed by atoms with Gasteiger partial charge in [-0.25, -0.2) is 4.52 Å². The Labute approximate surface area is 177 Å². The number of nitrogens with one attached hydrogen (secondary N) is 1. The Kier molecular flexibility index (Phi) is 5.51. The van der Waals surface area contributed by atoms with Gasteiger partial charge in [-0.1, -0.05) is 41.4 Å². The second kappa shape index (κ2) is 8.23. The van der Waals surface area contributed by atoms with E-state index < -0.39 is 0 Å². The number of rotatable bonds is 6. The quantitative estimate of drug-likeness (QED) is 0.496. The summed E-state index contributed by atoms with van der Waals surface area (Å²) in [5.74, 6) is 0.962. The predicted octanol–water partition coefficient (Wildman–Crippen LogP) is 4.40. The summed E-state index contributed by atoms with van der Waals surface area (Å²) in [6.07, 6.45) is 0.630. The lowest BCUT2D eigenvalue weighted by atomic mass is 10.1. The molecule has 0 aliphatic rings. The van der Waals surface area contributed by atoms with Crippen LogP contribution in [0.4, 0.5) is 0 Å². The molecule has 148 valence electrons. The van der Waals surface area contributed by atoms with Crippen molar-refractivity contribution in [1.29, 1.82) is 0 Å². The number of thiazole rings is 1. The molecule has 1 N–H and O–H groups in total. The molecule has 8 heteroatoms. The number of benzene rings is 2. The number of carbonyl (C=O) groups excluding carboxylic acids is 1. The molecular weight excluding hydrogens is 408 g/mol. The van der Waals surface area contributed by atoms with Crippen LogP contribution in [0.15, 0.2) is 47.8 Å². The zero-order valence-electron chi connectivity index (χ0n) is 16.0. The van der Waals surface area contributed by atoms with Gasteiger partial charge in [0, 0.05) is 28.9 Å². The van der Waals surface area contributed by atoms with E-state index in [9.17, 15) is 4.79 Å². The molecule has 0 radical (unpaired) electrons. The highest BCUT2D eigenvalue weighted by atomic mass is 35.5. The molecule has 0 saturated heterocycles. The minimum absolute atomic E-state index is 0.227. The molecule has 0 fully saturated rings. The topological polar surface area (TPSA) is 68.5 Å². The third-order valence-corrected chi connectivity index (χ3v) is 5.63. The predicted molar refractivity (Wildman–Crippen MR) is 115 cm³/mol. The van der Waals surface area contributed by atoms with E-state index in [0.29, 0.717) is 35.1 Å². The van der Waals surface area contributed by atoms with Gasteiger partial charge >= 0.3 is 0 Å². The molecule has 29 heavy (non-hydrogen) atoms. The molecule has 4 rings (SSSR count). The lowest BCUT2D eigenvalue weighted by Gasteiger charge is -2.09. The fourth-order valence-corrected chi connectivity index (χ4v) is 4.01. The highest BCUT2D eigenvalue weighted by Crippen LogP contribution is 2.23. The Hall–Kier alpha value is -2.90. The van der Waals surface area contributed by atoms with Crippen molar-refractivity contribution in [2.45, 2.75) is 13.3 Å². The van der Waals surface area contributed by atoms with Crippen molar-refractivity contribution in [1.82, 2.24) is 19.9 Å². The van der Waals surface area contributed by atoms with Crippen molar-refractivity contribution in [3.8, 4) is 17.1 Å². The van der Waals surface area contributed by atoms with Crippen LogP contribution in [0.5, 0.6) is 5.75 Å². The highest BCUT2D eigenvalue weighted by Gasteiger charge is 2.14. The summed E-state index contributed by atoms with van der Waals surface area (Å²) < 4.78 is 7.08. The highest BCUT2D eigenvalue weighted by molar-refractivity contribution is 7.15. The van der Waals surface area contributed by atoms with Crippen LogP contribution in [0, 0.1) is 6.92 Å². The summed E-state index contributed by atoms with van der Waals surface area (Å²) in [5, 5.41) is 10.0. The summed E-state index contributed by atoms with van der Waals surface area (Å²) in [6, 6.07) is 13.1. The van der Waals surface area contributed by atoms with Gasteiger partial charge in [0.1, 0.15) is 5.75 Å².